The molecule has 0 saturated heterocycles. The van der Waals surface area contributed by atoms with Gasteiger partial charge in [-0.15, -0.1) is 11.3 Å². The summed E-state index contributed by atoms with van der Waals surface area (Å²) < 4.78 is 0. The molecule has 0 radical (unpaired) electrons. The van der Waals surface area contributed by atoms with E-state index in [1.54, 1.807) is 11.3 Å². The first-order chi connectivity index (χ1) is 7.59. The monoisotopic (exact) mass is 232 g/mol. The summed E-state index contributed by atoms with van der Waals surface area (Å²) in [6.07, 6.45) is 0. The second-order valence-electron chi connectivity index (χ2n) is 4.20. The topological polar surface area (TPSA) is 38.9 Å². The number of nitrogens with zero attached hydrogens (tertiary/aromatic N) is 1. The highest BCUT2D eigenvalue weighted by atomic mass is 32.1. The summed E-state index contributed by atoms with van der Waals surface area (Å²) >= 11 is 1.59. The molecule has 2 rings (SSSR count). The molecule has 0 aliphatic heterocycles. The van der Waals surface area contributed by atoms with Gasteiger partial charge in [0.15, 0.2) is 0 Å². The Morgan fingerprint density at radius 2 is 1.81 bits per heavy atom. The number of hydrogen-bond donors (Lipinski definition) is 1. The van der Waals surface area contributed by atoms with E-state index < -0.39 is 0 Å². The smallest absolute Gasteiger partial charge is 0.0795 e. The van der Waals surface area contributed by atoms with Crippen LogP contribution in [0.25, 0.3) is 0 Å². The Hall–Kier alpha value is -1.19. The van der Waals surface area contributed by atoms with E-state index >= 15 is 0 Å². The molecule has 0 spiro atoms. The number of nitrogens with two attached hydrogens (primary N) is 1. The van der Waals surface area contributed by atoms with Crippen molar-refractivity contribution < 1.29 is 0 Å². The Kier molecular flexibility index (Phi) is 3.08. The first-order valence-electron chi connectivity index (χ1n) is 5.31. The van der Waals surface area contributed by atoms with Gasteiger partial charge in [0.1, 0.15) is 0 Å². The lowest BCUT2D eigenvalue weighted by atomic mass is 9.93. The molecule has 3 heteroatoms. The van der Waals surface area contributed by atoms with Crippen LogP contribution in [-0.4, -0.2) is 4.98 Å². The van der Waals surface area contributed by atoms with Gasteiger partial charge in [-0.2, -0.15) is 0 Å². The highest BCUT2D eigenvalue weighted by Crippen LogP contribution is 2.26. The fraction of sp³-hybridized carbons (Fsp3) is 0.308. The Morgan fingerprint density at radius 1 is 1.19 bits per heavy atom. The molecule has 1 aromatic heterocycles. The van der Waals surface area contributed by atoms with Crippen LogP contribution in [0.1, 0.15) is 34.0 Å². The predicted octanol–water partition coefficient (Wildman–Crippen LogP) is 3.12. The number of rotatable bonds is 2. The largest absolute Gasteiger partial charge is 0.319 e. The lowest BCUT2D eigenvalue weighted by molar-refractivity contribution is 0.821. The van der Waals surface area contributed by atoms with E-state index in [1.807, 2.05) is 10.9 Å². The van der Waals surface area contributed by atoms with Crippen LogP contribution in [0, 0.1) is 20.8 Å². The van der Waals surface area contributed by atoms with E-state index in [1.165, 1.54) is 22.3 Å². The van der Waals surface area contributed by atoms with Crippen molar-refractivity contribution >= 4 is 11.3 Å². The van der Waals surface area contributed by atoms with E-state index in [9.17, 15) is 0 Å². The third kappa shape index (κ3) is 2.01. The third-order valence-electron chi connectivity index (χ3n) is 2.82. The van der Waals surface area contributed by atoms with Gasteiger partial charge in [0.25, 0.3) is 0 Å². The summed E-state index contributed by atoms with van der Waals surface area (Å²) in [5.41, 5.74) is 14.0. The molecule has 1 unspecified atom stereocenters. The number of hydrogen-bond acceptors (Lipinski definition) is 3. The van der Waals surface area contributed by atoms with Crippen LogP contribution < -0.4 is 5.73 Å². The molecular weight excluding hydrogens is 216 g/mol. The fourth-order valence-corrected chi connectivity index (χ4v) is 2.80. The Morgan fingerprint density at radius 3 is 2.31 bits per heavy atom. The maximum Gasteiger partial charge on any atom is 0.0795 e. The van der Waals surface area contributed by atoms with E-state index in [2.05, 4.69) is 37.9 Å². The van der Waals surface area contributed by atoms with E-state index in [0.717, 1.165) is 5.69 Å². The standard InChI is InChI=1S/C13H16N2S/c1-8-4-9(2)12(10(3)5-8)13(14)11-6-16-7-15-11/h4-7,13H,14H2,1-3H3. The Balaban J connectivity index is 2.48. The molecule has 84 valence electrons. The summed E-state index contributed by atoms with van der Waals surface area (Å²) in [4.78, 5) is 4.29. The van der Waals surface area contributed by atoms with Crippen molar-refractivity contribution in [3.8, 4) is 0 Å². The molecule has 0 aliphatic carbocycles. The average Bonchev–Trinajstić information content (AvgIpc) is 2.67. The van der Waals surface area contributed by atoms with Crippen molar-refractivity contribution in [1.82, 2.24) is 4.98 Å². The second-order valence-corrected chi connectivity index (χ2v) is 4.92. The number of aromatic nitrogens is 1. The number of thiazole rings is 1. The van der Waals surface area contributed by atoms with Gasteiger partial charge in [-0.25, -0.2) is 4.98 Å². The molecule has 16 heavy (non-hydrogen) atoms. The minimum Gasteiger partial charge on any atom is -0.319 e. The fourth-order valence-electron chi connectivity index (χ4n) is 2.21. The Bertz CT molecular complexity index is 466. The van der Waals surface area contributed by atoms with Crippen LogP contribution in [0.3, 0.4) is 0 Å². The van der Waals surface area contributed by atoms with Gasteiger partial charge in [0, 0.05) is 5.38 Å². The van der Waals surface area contributed by atoms with Crippen LogP contribution in [0.5, 0.6) is 0 Å². The zero-order chi connectivity index (χ0) is 11.7. The molecule has 1 heterocycles. The summed E-state index contributed by atoms with van der Waals surface area (Å²) in [6, 6.07) is 4.25. The first kappa shape index (κ1) is 11.3. The SMILES string of the molecule is Cc1cc(C)c(C(N)c2cscn2)c(C)c1. The summed E-state index contributed by atoms with van der Waals surface area (Å²) in [6.45, 7) is 6.33. The molecule has 2 nitrogen and oxygen atoms in total. The summed E-state index contributed by atoms with van der Waals surface area (Å²) in [7, 11) is 0. The minimum absolute atomic E-state index is 0.105. The van der Waals surface area contributed by atoms with Crippen molar-refractivity contribution in [2.24, 2.45) is 5.73 Å². The van der Waals surface area contributed by atoms with Gasteiger partial charge in [-0.1, -0.05) is 17.7 Å². The average molecular weight is 232 g/mol. The van der Waals surface area contributed by atoms with Crippen LogP contribution in [0.4, 0.5) is 0 Å². The maximum absolute atomic E-state index is 6.26. The highest BCUT2D eigenvalue weighted by Gasteiger charge is 2.15. The van der Waals surface area contributed by atoms with Crippen molar-refractivity contribution in [2.75, 3.05) is 0 Å². The van der Waals surface area contributed by atoms with E-state index in [-0.39, 0.29) is 6.04 Å². The molecule has 0 aliphatic rings. The third-order valence-corrected chi connectivity index (χ3v) is 3.42. The van der Waals surface area contributed by atoms with Gasteiger partial charge in [0.2, 0.25) is 0 Å². The Labute approximate surface area is 100 Å². The van der Waals surface area contributed by atoms with Gasteiger partial charge >= 0.3 is 0 Å². The molecule has 0 saturated carbocycles. The number of benzene rings is 1. The summed E-state index contributed by atoms with van der Waals surface area (Å²) in [5, 5.41) is 2.02. The zero-order valence-corrected chi connectivity index (χ0v) is 10.6. The van der Waals surface area contributed by atoms with E-state index in [0.29, 0.717) is 0 Å². The molecule has 0 fully saturated rings. The van der Waals surface area contributed by atoms with Gasteiger partial charge in [0.05, 0.1) is 17.2 Å². The molecule has 2 N–H and O–H groups in total. The van der Waals surface area contributed by atoms with Crippen LogP contribution in [0.2, 0.25) is 0 Å². The molecule has 0 bridgehead atoms. The molecule has 1 aromatic carbocycles. The normalized spacial score (nSPS) is 12.8. The zero-order valence-electron chi connectivity index (χ0n) is 9.82. The lowest BCUT2D eigenvalue weighted by Gasteiger charge is -2.16. The predicted molar refractivity (Wildman–Crippen MR) is 68.8 cm³/mol. The van der Waals surface area contributed by atoms with Gasteiger partial charge < -0.3 is 5.73 Å². The van der Waals surface area contributed by atoms with Crippen molar-refractivity contribution in [3.05, 3.63) is 51.0 Å². The number of aryl methyl sites for hydroxylation is 3. The van der Waals surface area contributed by atoms with Crippen LogP contribution in [0.15, 0.2) is 23.0 Å². The van der Waals surface area contributed by atoms with E-state index in [4.69, 9.17) is 5.73 Å². The molecular formula is C13H16N2S. The van der Waals surface area contributed by atoms with Crippen molar-refractivity contribution in [2.45, 2.75) is 26.8 Å². The second kappa shape index (κ2) is 4.36. The maximum atomic E-state index is 6.26. The van der Waals surface area contributed by atoms with Crippen LogP contribution in [-0.2, 0) is 0 Å². The quantitative estimate of drug-likeness (QED) is 0.864. The molecule has 2 aromatic rings. The highest BCUT2D eigenvalue weighted by molar-refractivity contribution is 7.07. The van der Waals surface area contributed by atoms with Gasteiger partial charge in [-0.05, 0) is 37.5 Å². The van der Waals surface area contributed by atoms with Crippen molar-refractivity contribution in [3.63, 3.8) is 0 Å². The van der Waals surface area contributed by atoms with Crippen molar-refractivity contribution in [1.29, 1.82) is 0 Å². The minimum atomic E-state index is -0.105. The first-order valence-corrected chi connectivity index (χ1v) is 6.25. The van der Waals surface area contributed by atoms with Crippen LogP contribution >= 0.6 is 11.3 Å². The summed E-state index contributed by atoms with van der Waals surface area (Å²) in [5.74, 6) is 0. The van der Waals surface area contributed by atoms with Gasteiger partial charge in [-0.3, -0.25) is 0 Å². The molecule has 0 amide bonds. The molecule has 1 atom stereocenters. The lowest BCUT2D eigenvalue weighted by Crippen LogP contribution is -2.15.